The van der Waals surface area contributed by atoms with E-state index in [0.717, 1.165) is 35.0 Å². The first-order valence-corrected chi connectivity index (χ1v) is 13.5. The summed E-state index contributed by atoms with van der Waals surface area (Å²) >= 11 is 0. The van der Waals surface area contributed by atoms with Crippen LogP contribution >= 0.6 is 0 Å². The van der Waals surface area contributed by atoms with Gasteiger partial charge in [0.25, 0.3) is 0 Å². The molecule has 0 aliphatic carbocycles. The highest BCUT2D eigenvalue weighted by Gasteiger charge is 2.31. The van der Waals surface area contributed by atoms with Crippen LogP contribution in [0.4, 0.5) is 30.2 Å². The summed E-state index contributed by atoms with van der Waals surface area (Å²) in [5.41, 5.74) is 5.35. The Kier molecular flexibility index (Phi) is 9.39. The highest BCUT2D eigenvalue weighted by molar-refractivity contribution is 5.95. The summed E-state index contributed by atoms with van der Waals surface area (Å²) in [5, 5.41) is 40.1. The van der Waals surface area contributed by atoms with Crippen molar-refractivity contribution in [2.75, 3.05) is 36.9 Å². The van der Waals surface area contributed by atoms with Crippen molar-refractivity contribution in [2.45, 2.75) is 25.7 Å². The fourth-order valence-corrected chi connectivity index (χ4v) is 4.50. The number of rotatable bonds is 15. The number of alkyl halides is 3. The maximum atomic E-state index is 12.8. The summed E-state index contributed by atoms with van der Waals surface area (Å²) in [4.78, 5) is 0. The van der Waals surface area contributed by atoms with Gasteiger partial charge >= 0.3 is 6.36 Å². The number of anilines is 3. The van der Waals surface area contributed by atoms with Gasteiger partial charge in [-0.3, -0.25) is 15.3 Å². The van der Waals surface area contributed by atoms with Crippen molar-refractivity contribution in [2.24, 2.45) is 0 Å². The second-order valence-corrected chi connectivity index (χ2v) is 9.57. The van der Waals surface area contributed by atoms with Gasteiger partial charge in [0.05, 0.1) is 36.4 Å². The van der Waals surface area contributed by atoms with Crippen molar-refractivity contribution < 1.29 is 22.6 Å². The predicted octanol–water partition coefficient (Wildman–Crippen LogP) is 5.19. The molecule has 0 radical (unpaired) electrons. The van der Waals surface area contributed by atoms with Crippen LogP contribution in [0.15, 0.2) is 55.1 Å². The number of H-pyrrole nitrogens is 3. The summed E-state index contributed by atoms with van der Waals surface area (Å²) in [6, 6.07) is 10.4. The molecule has 0 amide bonds. The number of aromatic nitrogens is 6. The number of hydrogen-bond donors (Lipinski definition) is 6. The molecule has 0 aliphatic heterocycles. The van der Waals surface area contributed by atoms with E-state index in [0.29, 0.717) is 61.0 Å². The fraction of sp³-hybridized carbons (Fsp3) is 0.286. The molecule has 0 saturated heterocycles. The summed E-state index contributed by atoms with van der Waals surface area (Å²) in [6.45, 7) is 2.67. The molecule has 0 unspecified atom stereocenters. The minimum atomic E-state index is -4.79. The number of nitrogens with one attached hydrogen (secondary N) is 6. The van der Waals surface area contributed by atoms with E-state index in [1.54, 1.807) is 24.7 Å². The molecule has 0 spiro atoms. The molecule has 0 saturated carbocycles. The van der Waals surface area contributed by atoms with E-state index in [-0.39, 0.29) is 5.75 Å². The standard InChI is InChI=1S/C28H29F3N10O2/c29-28(30,31)43-22-8-18(7-20(11-22)39-21-14-35-36-15-21)13-33-3-1-2-5-42-6-4-34-25-9-19(10-26-24(25)17-38-40-26)23-16-37-41-27(23)12-32/h7-11,14-17,33-34,39H,1-6,13H2,(H,35,36)(H,37,41)(H,38,40). The second-order valence-electron chi connectivity index (χ2n) is 9.57. The average Bonchev–Trinajstić information content (AvgIpc) is 3.75. The Morgan fingerprint density at radius 1 is 0.907 bits per heavy atom. The average molecular weight is 595 g/mol. The zero-order valence-corrected chi connectivity index (χ0v) is 22.9. The quantitative estimate of drug-likeness (QED) is 0.0895. The van der Waals surface area contributed by atoms with Crippen LogP contribution in [0, 0.1) is 11.3 Å². The van der Waals surface area contributed by atoms with E-state index in [4.69, 9.17) is 4.74 Å². The zero-order valence-electron chi connectivity index (χ0n) is 22.9. The molecular weight excluding hydrogens is 565 g/mol. The molecule has 15 heteroatoms. The van der Waals surface area contributed by atoms with E-state index in [9.17, 15) is 18.4 Å². The molecular formula is C28H29F3N10O2. The number of nitriles is 1. The summed E-state index contributed by atoms with van der Waals surface area (Å²) in [7, 11) is 0. The number of ether oxygens (including phenoxy) is 2. The van der Waals surface area contributed by atoms with Crippen molar-refractivity contribution in [3.8, 4) is 22.9 Å². The topological polar surface area (TPSA) is 164 Å². The van der Waals surface area contributed by atoms with Crippen LogP contribution in [-0.2, 0) is 11.3 Å². The van der Waals surface area contributed by atoms with Gasteiger partial charge in [0.15, 0.2) is 0 Å². The van der Waals surface area contributed by atoms with Gasteiger partial charge in [-0.2, -0.15) is 20.6 Å². The van der Waals surface area contributed by atoms with Crippen LogP contribution in [-0.4, -0.2) is 63.3 Å². The third kappa shape index (κ3) is 8.24. The molecule has 12 nitrogen and oxygen atoms in total. The van der Waals surface area contributed by atoms with Crippen LogP contribution in [0.1, 0.15) is 24.1 Å². The fourth-order valence-electron chi connectivity index (χ4n) is 4.50. The first-order chi connectivity index (χ1) is 20.9. The monoisotopic (exact) mass is 594 g/mol. The molecule has 0 atom stereocenters. The summed E-state index contributed by atoms with van der Waals surface area (Å²) in [5.74, 6) is -0.298. The minimum Gasteiger partial charge on any atom is -0.406 e. The van der Waals surface area contributed by atoms with Crippen LogP contribution in [0.2, 0.25) is 0 Å². The van der Waals surface area contributed by atoms with Crippen LogP contribution in [0.3, 0.4) is 0 Å². The Balaban J connectivity index is 1.03. The van der Waals surface area contributed by atoms with Crippen molar-refractivity contribution >= 4 is 28.0 Å². The smallest absolute Gasteiger partial charge is 0.406 e. The first-order valence-electron chi connectivity index (χ1n) is 13.5. The highest BCUT2D eigenvalue weighted by atomic mass is 19.4. The van der Waals surface area contributed by atoms with E-state index in [1.807, 2.05) is 12.1 Å². The molecule has 6 N–H and O–H groups in total. The number of fused-ring (bicyclic) bond motifs is 1. The number of unbranched alkanes of at least 4 members (excludes halogenated alkanes) is 1. The lowest BCUT2D eigenvalue weighted by Gasteiger charge is -2.14. The zero-order chi connectivity index (χ0) is 30.1. The van der Waals surface area contributed by atoms with Gasteiger partial charge in [-0.25, -0.2) is 0 Å². The summed E-state index contributed by atoms with van der Waals surface area (Å²) < 4.78 is 48.3. The Bertz CT molecular complexity index is 1660. The predicted molar refractivity (Wildman–Crippen MR) is 154 cm³/mol. The van der Waals surface area contributed by atoms with E-state index in [1.165, 1.54) is 18.3 Å². The van der Waals surface area contributed by atoms with Gasteiger partial charge < -0.3 is 25.4 Å². The van der Waals surface area contributed by atoms with Gasteiger partial charge in [-0.1, -0.05) is 0 Å². The maximum absolute atomic E-state index is 12.8. The molecule has 0 bridgehead atoms. The first kappa shape index (κ1) is 29.4. The lowest BCUT2D eigenvalue weighted by atomic mass is 10.0. The Morgan fingerprint density at radius 3 is 2.60 bits per heavy atom. The van der Waals surface area contributed by atoms with Gasteiger partial charge in [-0.15, -0.1) is 13.2 Å². The molecule has 5 rings (SSSR count). The molecule has 3 heterocycles. The third-order valence-corrected chi connectivity index (χ3v) is 6.39. The van der Waals surface area contributed by atoms with E-state index >= 15 is 0 Å². The largest absolute Gasteiger partial charge is 0.573 e. The lowest BCUT2D eigenvalue weighted by Crippen LogP contribution is -2.18. The van der Waals surface area contributed by atoms with Crippen molar-refractivity contribution in [1.82, 2.24) is 35.9 Å². The van der Waals surface area contributed by atoms with Crippen molar-refractivity contribution in [1.29, 1.82) is 5.26 Å². The highest BCUT2D eigenvalue weighted by Crippen LogP contribution is 2.31. The number of nitrogens with zero attached hydrogens (tertiary/aromatic N) is 4. The van der Waals surface area contributed by atoms with Gasteiger partial charge in [0, 0.05) is 54.3 Å². The maximum Gasteiger partial charge on any atom is 0.573 e. The van der Waals surface area contributed by atoms with E-state index < -0.39 is 6.36 Å². The third-order valence-electron chi connectivity index (χ3n) is 6.39. The SMILES string of the molecule is N#Cc1[nH]ncc1-c1cc(NCCOCCCCNCc2cc(Nc3cn[nH]c3)cc(OC(F)(F)F)c2)c2cn[nH]c2c1. The molecule has 0 aliphatic rings. The lowest BCUT2D eigenvalue weighted by molar-refractivity contribution is -0.274. The molecule has 43 heavy (non-hydrogen) atoms. The molecule has 5 aromatic rings. The minimum absolute atomic E-state index is 0.298. The normalized spacial score (nSPS) is 11.5. The molecule has 224 valence electrons. The van der Waals surface area contributed by atoms with Crippen LogP contribution in [0.25, 0.3) is 22.0 Å². The number of hydrogen-bond acceptors (Lipinski definition) is 9. The number of benzene rings is 2. The Hall–Kier alpha value is -5.07. The van der Waals surface area contributed by atoms with Crippen LogP contribution in [0.5, 0.6) is 5.75 Å². The van der Waals surface area contributed by atoms with Crippen molar-refractivity contribution in [3.05, 3.63) is 66.4 Å². The molecule has 0 fully saturated rings. The number of aromatic amines is 3. The second kappa shape index (κ2) is 13.7. The van der Waals surface area contributed by atoms with Gasteiger partial charge in [0.1, 0.15) is 17.5 Å². The summed E-state index contributed by atoms with van der Waals surface area (Å²) in [6.07, 6.45) is 3.34. The van der Waals surface area contributed by atoms with E-state index in [2.05, 4.69) is 57.3 Å². The van der Waals surface area contributed by atoms with Gasteiger partial charge in [0.2, 0.25) is 0 Å². The Labute approximate surface area is 244 Å². The van der Waals surface area contributed by atoms with Gasteiger partial charge in [-0.05, 0) is 54.8 Å². The number of halogens is 3. The Morgan fingerprint density at radius 2 is 1.79 bits per heavy atom. The molecule has 3 aromatic heterocycles. The molecule has 2 aromatic carbocycles. The van der Waals surface area contributed by atoms with Crippen LogP contribution < -0.4 is 20.7 Å². The van der Waals surface area contributed by atoms with Crippen molar-refractivity contribution in [3.63, 3.8) is 0 Å².